The van der Waals surface area contributed by atoms with Gasteiger partial charge in [0.25, 0.3) is 5.69 Å². The molecule has 0 saturated carbocycles. The Balaban J connectivity index is 1.90. The number of nitro groups is 1. The van der Waals surface area contributed by atoms with E-state index in [0.29, 0.717) is 11.4 Å². The predicted octanol–water partition coefficient (Wildman–Crippen LogP) is 2.42. The van der Waals surface area contributed by atoms with E-state index in [0.717, 1.165) is 5.56 Å². The maximum atomic E-state index is 12.2. The normalized spacial score (nSPS) is 10.4. The van der Waals surface area contributed by atoms with Crippen LogP contribution in [0.25, 0.3) is 0 Å². The molecule has 2 aromatic carbocycles. The van der Waals surface area contributed by atoms with Crippen molar-refractivity contribution < 1.29 is 19.2 Å². The number of aryl methyl sites for hydroxylation is 1. The van der Waals surface area contributed by atoms with E-state index in [4.69, 9.17) is 4.74 Å². The zero-order valence-electron chi connectivity index (χ0n) is 15.9. The van der Waals surface area contributed by atoms with E-state index in [-0.39, 0.29) is 30.4 Å². The Kier molecular flexibility index (Phi) is 7.05. The van der Waals surface area contributed by atoms with E-state index < -0.39 is 10.8 Å². The predicted molar refractivity (Wildman–Crippen MR) is 106 cm³/mol. The van der Waals surface area contributed by atoms with Crippen molar-refractivity contribution in [1.82, 2.24) is 4.90 Å². The van der Waals surface area contributed by atoms with Crippen LogP contribution in [-0.2, 0) is 9.59 Å². The molecule has 0 radical (unpaired) electrons. The summed E-state index contributed by atoms with van der Waals surface area (Å²) in [6.45, 7) is 1.60. The molecule has 0 heterocycles. The number of nitro benzene ring substituents is 1. The summed E-state index contributed by atoms with van der Waals surface area (Å²) in [6, 6.07) is 11.5. The second kappa shape index (κ2) is 9.47. The lowest BCUT2D eigenvalue weighted by Gasteiger charge is -2.16. The lowest BCUT2D eigenvalue weighted by Crippen LogP contribution is -2.36. The largest absolute Gasteiger partial charge is 0.497 e. The van der Waals surface area contributed by atoms with Crippen molar-refractivity contribution in [2.24, 2.45) is 0 Å². The van der Waals surface area contributed by atoms with Crippen LogP contribution in [-0.4, -0.2) is 48.9 Å². The summed E-state index contributed by atoms with van der Waals surface area (Å²) >= 11 is 0. The summed E-state index contributed by atoms with van der Waals surface area (Å²) in [5.41, 5.74) is 1.25. The van der Waals surface area contributed by atoms with Crippen molar-refractivity contribution in [2.45, 2.75) is 6.92 Å². The SMILES string of the molecule is COc1cccc(NC(=O)CN(C)CC(=O)Nc2ccc(C)cc2[N+](=O)[O-])c1. The van der Waals surface area contributed by atoms with E-state index in [1.54, 1.807) is 44.3 Å². The standard InChI is InChI=1S/C19H22N4O5/c1-13-7-8-16(17(9-13)23(26)27)21-19(25)12-22(2)11-18(24)20-14-5-4-6-15(10-14)28-3/h4-10H,11-12H2,1-3H3,(H,20,24)(H,21,25). The van der Waals surface area contributed by atoms with Crippen molar-refractivity contribution in [2.75, 3.05) is 37.9 Å². The van der Waals surface area contributed by atoms with E-state index >= 15 is 0 Å². The van der Waals surface area contributed by atoms with Crippen LogP contribution in [0.5, 0.6) is 5.75 Å². The average molecular weight is 386 g/mol. The third kappa shape index (κ3) is 6.06. The highest BCUT2D eigenvalue weighted by Crippen LogP contribution is 2.25. The quantitative estimate of drug-likeness (QED) is 0.532. The highest BCUT2D eigenvalue weighted by atomic mass is 16.6. The van der Waals surface area contributed by atoms with Gasteiger partial charge in [0.05, 0.1) is 25.1 Å². The van der Waals surface area contributed by atoms with Gasteiger partial charge in [-0.3, -0.25) is 24.6 Å². The molecular formula is C19H22N4O5. The Bertz CT molecular complexity index is 884. The number of anilines is 2. The van der Waals surface area contributed by atoms with Crippen molar-refractivity contribution in [3.63, 3.8) is 0 Å². The molecule has 0 aliphatic carbocycles. The van der Waals surface area contributed by atoms with Crippen molar-refractivity contribution in [1.29, 1.82) is 0 Å². The number of hydrogen-bond acceptors (Lipinski definition) is 6. The minimum absolute atomic E-state index is 0.0272. The van der Waals surface area contributed by atoms with Crippen LogP contribution in [0.15, 0.2) is 42.5 Å². The molecule has 0 bridgehead atoms. The summed E-state index contributed by atoms with van der Waals surface area (Å²) in [5, 5.41) is 16.4. The molecule has 9 nitrogen and oxygen atoms in total. The molecule has 0 unspecified atom stereocenters. The molecular weight excluding hydrogens is 364 g/mol. The van der Waals surface area contributed by atoms with Gasteiger partial charge in [-0.05, 0) is 37.7 Å². The lowest BCUT2D eigenvalue weighted by atomic mass is 10.2. The number of methoxy groups -OCH3 is 1. The number of nitrogens with zero attached hydrogens (tertiary/aromatic N) is 2. The fraction of sp³-hybridized carbons (Fsp3) is 0.263. The van der Waals surface area contributed by atoms with Gasteiger partial charge in [-0.15, -0.1) is 0 Å². The molecule has 0 atom stereocenters. The monoisotopic (exact) mass is 386 g/mol. The fourth-order valence-corrected chi connectivity index (χ4v) is 2.54. The molecule has 0 aliphatic rings. The maximum absolute atomic E-state index is 12.2. The molecule has 0 fully saturated rings. The maximum Gasteiger partial charge on any atom is 0.293 e. The molecule has 0 aliphatic heterocycles. The first kappa shape index (κ1) is 20.8. The number of carbonyl (C=O) groups excluding carboxylic acids is 2. The molecule has 0 saturated heterocycles. The van der Waals surface area contributed by atoms with Crippen LogP contribution in [0.2, 0.25) is 0 Å². The number of likely N-dealkylation sites (N-methyl/N-ethyl adjacent to an activating group) is 1. The molecule has 2 aromatic rings. The minimum Gasteiger partial charge on any atom is -0.497 e. The molecule has 9 heteroatoms. The summed E-state index contributed by atoms with van der Waals surface area (Å²) in [6.07, 6.45) is 0. The summed E-state index contributed by atoms with van der Waals surface area (Å²) in [5.74, 6) is -0.140. The van der Waals surface area contributed by atoms with E-state index in [2.05, 4.69) is 10.6 Å². The lowest BCUT2D eigenvalue weighted by molar-refractivity contribution is -0.384. The first-order valence-corrected chi connectivity index (χ1v) is 8.46. The van der Waals surface area contributed by atoms with Gasteiger partial charge in [0, 0.05) is 17.8 Å². The highest BCUT2D eigenvalue weighted by molar-refractivity contribution is 5.96. The van der Waals surface area contributed by atoms with Gasteiger partial charge in [-0.1, -0.05) is 12.1 Å². The molecule has 0 aromatic heterocycles. The van der Waals surface area contributed by atoms with Crippen molar-refractivity contribution >= 4 is 28.9 Å². The molecule has 2 N–H and O–H groups in total. The van der Waals surface area contributed by atoms with Crippen LogP contribution >= 0.6 is 0 Å². The van der Waals surface area contributed by atoms with Crippen LogP contribution in [0.3, 0.4) is 0 Å². The Morgan fingerprint density at radius 3 is 2.43 bits per heavy atom. The summed E-state index contributed by atoms with van der Waals surface area (Å²) in [7, 11) is 3.14. The van der Waals surface area contributed by atoms with E-state index in [9.17, 15) is 19.7 Å². The minimum atomic E-state index is -0.548. The number of benzene rings is 2. The average Bonchev–Trinajstić information content (AvgIpc) is 2.62. The second-order valence-electron chi connectivity index (χ2n) is 6.28. The molecule has 148 valence electrons. The Morgan fingerprint density at radius 2 is 1.79 bits per heavy atom. The third-order valence-corrected chi connectivity index (χ3v) is 3.80. The van der Waals surface area contributed by atoms with Crippen molar-refractivity contribution in [3.8, 4) is 5.75 Å². The molecule has 2 rings (SSSR count). The van der Waals surface area contributed by atoms with Crippen LogP contribution < -0.4 is 15.4 Å². The molecule has 28 heavy (non-hydrogen) atoms. The number of hydrogen-bond donors (Lipinski definition) is 2. The first-order valence-electron chi connectivity index (χ1n) is 8.46. The topological polar surface area (TPSA) is 114 Å². The number of ether oxygens (including phenoxy) is 1. The highest BCUT2D eigenvalue weighted by Gasteiger charge is 2.17. The fourth-order valence-electron chi connectivity index (χ4n) is 2.54. The molecule has 2 amide bonds. The zero-order chi connectivity index (χ0) is 20.7. The Morgan fingerprint density at radius 1 is 1.11 bits per heavy atom. The third-order valence-electron chi connectivity index (χ3n) is 3.80. The number of nitrogens with one attached hydrogen (secondary N) is 2. The van der Waals surface area contributed by atoms with Crippen LogP contribution in [0.1, 0.15) is 5.56 Å². The number of rotatable bonds is 8. The van der Waals surface area contributed by atoms with E-state index in [1.807, 2.05) is 0 Å². The van der Waals surface area contributed by atoms with Gasteiger partial charge in [0.2, 0.25) is 11.8 Å². The summed E-state index contributed by atoms with van der Waals surface area (Å²) in [4.78, 5) is 36.4. The van der Waals surface area contributed by atoms with Gasteiger partial charge < -0.3 is 15.4 Å². The van der Waals surface area contributed by atoms with E-state index in [1.165, 1.54) is 24.1 Å². The van der Waals surface area contributed by atoms with Crippen LogP contribution in [0, 0.1) is 17.0 Å². The van der Waals surface area contributed by atoms with Gasteiger partial charge in [-0.2, -0.15) is 0 Å². The number of carbonyl (C=O) groups is 2. The Labute approximate surface area is 162 Å². The number of amides is 2. The van der Waals surface area contributed by atoms with Gasteiger partial charge in [0.15, 0.2) is 0 Å². The van der Waals surface area contributed by atoms with Gasteiger partial charge in [0.1, 0.15) is 11.4 Å². The molecule has 0 spiro atoms. The first-order chi connectivity index (χ1) is 13.3. The van der Waals surface area contributed by atoms with Gasteiger partial charge in [-0.25, -0.2) is 0 Å². The zero-order valence-corrected chi connectivity index (χ0v) is 15.9. The van der Waals surface area contributed by atoms with Gasteiger partial charge >= 0.3 is 0 Å². The Hall–Kier alpha value is -3.46. The summed E-state index contributed by atoms with van der Waals surface area (Å²) < 4.78 is 5.10. The van der Waals surface area contributed by atoms with Crippen molar-refractivity contribution in [3.05, 3.63) is 58.1 Å². The second-order valence-corrected chi connectivity index (χ2v) is 6.28. The van der Waals surface area contributed by atoms with Crippen LogP contribution in [0.4, 0.5) is 17.1 Å². The smallest absolute Gasteiger partial charge is 0.293 e.